The van der Waals surface area contributed by atoms with E-state index in [2.05, 4.69) is 61.4 Å². The molecule has 0 amide bonds. The predicted molar refractivity (Wildman–Crippen MR) is 86.6 cm³/mol. The number of hydrogen-bond donors (Lipinski definition) is 0. The minimum Gasteiger partial charge on any atom is -0.373 e. The molecule has 2 heteroatoms. The van der Waals surface area contributed by atoms with Crippen LogP contribution in [0.4, 0.5) is 0 Å². The fourth-order valence-corrected chi connectivity index (χ4v) is 2.80. The average Bonchev–Trinajstić information content (AvgIpc) is 2.41. The van der Waals surface area contributed by atoms with Crippen LogP contribution >= 0.6 is 0 Å². The highest BCUT2D eigenvalue weighted by Gasteiger charge is 2.16. The molecule has 1 aliphatic rings. The topological polar surface area (TPSA) is 6.48 Å². The van der Waals surface area contributed by atoms with Crippen LogP contribution < -0.4 is 0 Å². The molecular formula is C18H28N2. The molecule has 0 radical (unpaired) electrons. The Balaban J connectivity index is 1.83. The van der Waals surface area contributed by atoms with Crippen LogP contribution in [0.2, 0.25) is 0 Å². The van der Waals surface area contributed by atoms with Crippen LogP contribution in [-0.4, -0.2) is 36.0 Å². The number of piperazine rings is 1. The molecule has 1 aromatic carbocycles. The van der Waals surface area contributed by atoms with Crippen molar-refractivity contribution in [1.29, 1.82) is 0 Å². The van der Waals surface area contributed by atoms with Crippen LogP contribution in [0.1, 0.15) is 31.9 Å². The number of hydrogen-bond acceptors (Lipinski definition) is 2. The van der Waals surface area contributed by atoms with Gasteiger partial charge in [0, 0.05) is 38.4 Å². The second kappa shape index (κ2) is 6.94. The summed E-state index contributed by atoms with van der Waals surface area (Å²) in [5, 5.41) is 0. The Morgan fingerprint density at radius 2 is 1.60 bits per heavy atom. The van der Waals surface area contributed by atoms with Gasteiger partial charge in [-0.15, -0.1) is 0 Å². The summed E-state index contributed by atoms with van der Waals surface area (Å²) < 4.78 is 0. The normalized spacial score (nSPS) is 16.7. The molecule has 0 bridgehead atoms. The molecule has 110 valence electrons. The molecule has 20 heavy (non-hydrogen) atoms. The molecule has 1 fully saturated rings. The van der Waals surface area contributed by atoms with Crippen molar-refractivity contribution in [2.24, 2.45) is 5.92 Å². The maximum atomic E-state index is 4.03. The molecule has 1 saturated heterocycles. The van der Waals surface area contributed by atoms with Gasteiger partial charge in [-0.1, -0.05) is 44.7 Å². The number of benzene rings is 1. The fraction of sp³-hybridized carbons (Fsp3) is 0.556. The summed E-state index contributed by atoms with van der Waals surface area (Å²) in [7, 11) is 0. The summed E-state index contributed by atoms with van der Waals surface area (Å²) in [6.07, 6.45) is 1.18. The summed E-state index contributed by atoms with van der Waals surface area (Å²) in [5.41, 5.74) is 4.08. The van der Waals surface area contributed by atoms with Gasteiger partial charge in [0.2, 0.25) is 0 Å². The van der Waals surface area contributed by atoms with Crippen molar-refractivity contribution in [2.45, 2.75) is 33.7 Å². The zero-order chi connectivity index (χ0) is 14.5. The first-order valence-corrected chi connectivity index (χ1v) is 7.75. The van der Waals surface area contributed by atoms with Crippen molar-refractivity contribution in [3.8, 4) is 0 Å². The van der Waals surface area contributed by atoms with Gasteiger partial charge in [0.15, 0.2) is 0 Å². The highest BCUT2D eigenvalue weighted by molar-refractivity contribution is 5.22. The van der Waals surface area contributed by atoms with Crippen LogP contribution in [-0.2, 0) is 13.0 Å². The van der Waals surface area contributed by atoms with Gasteiger partial charge in [0.25, 0.3) is 0 Å². The predicted octanol–water partition coefficient (Wildman–Crippen LogP) is 3.54. The van der Waals surface area contributed by atoms with Gasteiger partial charge in [-0.2, -0.15) is 0 Å². The SMILES string of the molecule is C=C(C)N1CCN(Cc2ccc(CC(C)C)cc2)CC1. The van der Waals surface area contributed by atoms with Crippen molar-refractivity contribution in [1.82, 2.24) is 9.80 Å². The average molecular weight is 272 g/mol. The summed E-state index contributed by atoms with van der Waals surface area (Å²) in [5.74, 6) is 0.732. The molecule has 1 heterocycles. The first-order chi connectivity index (χ1) is 9.54. The minimum absolute atomic E-state index is 0.732. The molecule has 0 atom stereocenters. The van der Waals surface area contributed by atoms with E-state index in [9.17, 15) is 0 Å². The largest absolute Gasteiger partial charge is 0.373 e. The minimum atomic E-state index is 0.732. The lowest BCUT2D eigenvalue weighted by Gasteiger charge is -2.36. The molecule has 1 aliphatic heterocycles. The Kier molecular flexibility index (Phi) is 5.24. The van der Waals surface area contributed by atoms with E-state index >= 15 is 0 Å². The Morgan fingerprint density at radius 3 is 2.10 bits per heavy atom. The van der Waals surface area contributed by atoms with Gasteiger partial charge in [0.05, 0.1) is 0 Å². The van der Waals surface area contributed by atoms with Gasteiger partial charge in [-0.05, 0) is 30.4 Å². The number of nitrogens with zero attached hydrogens (tertiary/aromatic N) is 2. The summed E-state index contributed by atoms with van der Waals surface area (Å²) in [6.45, 7) is 16.3. The van der Waals surface area contributed by atoms with E-state index in [1.165, 1.54) is 23.2 Å². The lowest BCUT2D eigenvalue weighted by Crippen LogP contribution is -2.44. The second-order valence-corrected chi connectivity index (χ2v) is 6.41. The third-order valence-corrected chi connectivity index (χ3v) is 3.99. The van der Waals surface area contributed by atoms with Crippen molar-refractivity contribution in [3.63, 3.8) is 0 Å². The van der Waals surface area contributed by atoms with Crippen LogP contribution in [0, 0.1) is 5.92 Å². The van der Waals surface area contributed by atoms with Crippen molar-refractivity contribution in [2.75, 3.05) is 26.2 Å². The van der Waals surface area contributed by atoms with Crippen LogP contribution in [0.5, 0.6) is 0 Å². The van der Waals surface area contributed by atoms with E-state index in [0.717, 1.165) is 38.6 Å². The van der Waals surface area contributed by atoms with Crippen molar-refractivity contribution >= 4 is 0 Å². The lowest BCUT2D eigenvalue weighted by molar-refractivity contribution is 0.153. The molecule has 0 aliphatic carbocycles. The Bertz CT molecular complexity index is 425. The lowest BCUT2D eigenvalue weighted by atomic mass is 10.0. The van der Waals surface area contributed by atoms with E-state index in [0.29, 0.717) is 0 Å². The van der Waals surface area contributed by atoms with E-state index in [1.54, 1.807) is 0 Å². The third-order valence-electron chi connectivity index (χ3n) is 3.99. The molecule has 0 aromatic heterocycles. The molecule has 0 unspecified atom stereocenters. The van der Waals surface area contributed by atoms with Gasteiger partial charge in [-0.25, -0.2) is 0 Å². The van der Waals surface area contributed by atoms with Crippen molar-refractivity contribution in [3.05, 3.63) is 47.7 Å². The summed E-state index contributed by atoms with van der Waals surface area (Å²) >= 11 is 0. The number of allylic oxidation sites excluding steroid dienone is 1. The number of rotatable bonds is 5. The summed E-state index contributed by atoms with van der Waals surface area (Å²) in [6, 6.07) is 9.17. The second-order valence-electron chi connectivity index (χ2n) is 6.41. The Labute approximate surface area is 124 Å². The monoisotopic (exact) mass is 272 g/mol. The summed E-state index contributed by atoms with van der Waals surface area (Å²) in [4.78, 5) is 4.92. The molecule has 2 nitrogen and oxygen atoms in total. The molecular weight excluding hydrogens is 244 g/mol. The fourth-order valence-electron chi connectivity index (χ4n) is 2.80. The van der Waals surface area contributed by atoms with E-state index in [4.69, 9.17) is 0 Å². The van der Waals surface area contributed by atoms with Crippen molar-refractivity contribution < 1.29 is 0 Å². The highest BCUT2D eigenvalue weighted by atomic mass is 15.3. The molecule has 0 N–H and O–H groups in total. The molecule has 1 aromatic rings. The zero-order valence-electron chi connectivity index (χ0n) is 13.2. The van der Waals surface area contributed by atoms with E-state index in [-0.39, 0.29) is 0 Å². The Hall–Kier alpha value is -1.28. The maximum absolute atomic E-state index is 4.03. The quantitative estimate of drug-likeness (QED) is 0.809. The third kappa shape index (κ3) is 4.38. The van der Waals surface area contributed by atoms with Gasteiger partial charge in [-0.3, -0.25) is 4.90 Å². The van der Waals surface area contributed by atoms with Crippen LogP contribution in [0.25, 0.3) is 0 Å². The van der Waals surface area contributed by atoms with E-state index < -0.39 is 0 Å². The molecule has 2 rings (SSSR count). The zero-order valence-corrected chi connectivity index (χ0v) is 13.2. The molecule has 0 spiro atoms. The highest BCUT2D eigenvalue weighted by Crippen LogP contribution is 2.13. The van der Waals surface area contributed by atoms with Gasteiger partial charge < -0.3 is 4.90 Å². The maximum Gasteiger partial charge on any atom is 0.0303 e. The van der Waals surface area contributed by atoms with E-state index in [1.807, 2.05) is 0 Å². The van der Waals surface area contributed by atoms with Crippen LogP contribution in [0.15, 0.2) is 36.5 Å². The van der Waals surface area contributed by atoms with Gasteiger partial charge >= 0.3 is 0 Å². The smallest absolute Gasteiger partial charge is 0.0303 e. The molecule has 0 saturated carbocycles. The van der Waals surface area contributed by atoms with Gasteiger partial charge in [0.1, 0.15) is 0 Å². The first-order valence-electron chi connectivity index (χ1n) is 7.75. The standard InChI is InChI=1S/C18H28N2/c1-15(2)13-17-5-7-18(8-6-17)14-19-9-11-20(12-10-19)16(3)4/h5-8,15H,3,9-14H2,1-2,4H3. The Morgan fingerprint density at radius 1 is 1.05 bits per heavy atom. The van der Waals surface area contributed by atoms with Crippen LogP contribution in [0.3, 0.4) is 0 Å². The first kappa shape index (κ1) is 15.1.